The van der Waals surface area contributed by atoms with E-state index in [1.54, 1.807) is 6.92 Å². The predicted octanol–water partition coefficient (Wildman–Crippen LogP) is 3.65. The van der Waals surface area contributed by atoms with Crippen LogP contribution in [0.5, 0.6) is 0 Å². The van der Waals surface area contributed by atoms with Gasteiger partial charge in [-0.3, -0.25) is 0 Å². The number of hydrogen-bond donors (Lipinski definition) is 1. The highest BCUT2D eigenvalue weighted by Crippen LogP contribution is 2.35. The van der Waals surface area contributed by atoms with Crippen LogP contribution < -0.4 is 5.32 Å². The second kappa shape index (κ2) is 7.21. The van der Waals surface area contributed by atoms with Crippen LogP contribution in [0.15, 0.2) is 29.5 Å². The molecule has 2 rings (SSSR count). The molecule has 0 spiro atoms. The van der Waals surface area contributed by atoms with Crippen LogP contribution in [0.1, 0.15) is 32.4 Å². The number of hydrogen-bond acceptors (Lipinski definition) is 3. The van der Waals surface area contributed by atoms with Crippen molar-refractivity contribution in [3.8, 4) is 0 Å². The summed E-state index contributed by atoms with van der Waals surface area (Å²) in [7, 11) is 1.53. The Kier molecular flexibility index (Phi) is 5.49. The first-order valence-electron chi connectivity index (χ1n) is 7.60. The lowest BCUT2D eigenvalue weighted by Gasteiger charge is -2.33. The smallest absolute Gasteiger partial charge is 0.338 e. The van der Waals surface area contributed by atoms with E-state index in [-0.39, 0.29) is 28.7 Å². The third-order valence-corrected chi connectivity index (χ3v) is 4.14. The second-order valence-corrected chi connectivity index (χ2v) is 6.48. The number of ether oxygens (including phenoxy) is 1. The fourth-order valence-corrected chi connectivity index (χ4v) is 2.70. The van der Waals surface area contributed by atoms with E-state index in [0.29, 0.717) is 5.70 Å². The van der Waals surface area contributed by atoms with Crippen molar-refractivity contribution in [2.45, 2.75) is 26.8 Å². The summed E-state index contributed by atoms with van der Waals surface area (Å²) in [5, 5.41) is 2.75. The highest BCUT2D eigenvalue weighted by Gasteiger charge is 2.37. The maximum absolute atomic E-state index is 14.3. The lowest BCUT2D eigenvalue weighted by Crippen LogP contribution is -2.46. The molecule has 0 fully saturated rings. The van der Waals surface area contributed by atoms with Crippen molar-refractivity contribution < 1.29 is 18.7 Å². The van der Waals surface area contributed by atoms with Crippen molar-refractivity contribution in [1.82, 2.24) is 10.2 Å². The van der Waals surface area contributed by atoms with Gasteiger partial charge in [-0.25, -0.2) is 14.0 Å². The molecule has 1 aromatic carbocycles. The standard InChI is InChI=1S/C17H20ClFN2O3/c1-9(2)8-24-16(22)13-10(3)21(4)17(23)20-15(13)14-11(18)6-5-7-12(14)19/h5-7,9,15H,8H2,1-4H3,(H,20,23)/t15-/m0/s1. The predicted molar refractivity (Wildman–Crippen MR) is 88.9 cm³/mol. The Morgan fingerprint density at radius 3 is 2.71 bits per heavy atom. The Morgan fingerprint density at radius 2 is 2.12 bits per heavy atom. The fraction of sp³-hybridized carbons (Fsp3) is 0.412. The van der Waals surface area contributed by atoms with Gasteiger partial charge in [-0.15, -0.1) is 0 Å². The van der Waals surface area contributed by atoms with Crippen LogP contribution in [0.4, 0.5) is 9.18 Å². The number of halogens is 2. The van der Waals surface area contributed by atoms with Crippen molar-refractivity contribution in [3.05, 3.63) is 45.9 Å². The van der Waals surface area contributed by atoms with Gasteiger partial charge in [-0.2, -0.15) is 0 Å². The van der Waals surface area contributed by atoms with Crippen molar-refractivity contribution in [2.24, 2.45) is 5.92 Å². The number of allylic oxidation sites excluding steroid dienone is 1. The van der Waals surface area contributed by atoms with Gasteiger partial charge >= 0.3 is 12.0 Å². The number of nitrogens with zero attached hydrogens (tertiary/aromatic N) is 1. The quantitative estimate of drug-likeness (QED) is 0.840. The molecule has 0 saturated heterocycles. The summed E-state index contributed by atoms with van der Waals surface area (Å²) in [5.41, 5.74) is 0.623. The molecule has 1 aliphatic heterocycles. The van der Waals surface area contributed by atoms with Crippen molar-refractivity contribution in [1.29, 1.82) is 0 Å². The monoisotopic (exact) mass is 354 g/mol. The summed E-state index contributed by atoms with van der Waals surface area (Å²) < 4.78 is 19.6. The molecule has 7 heteroatoms. The van der Waals surface area contributed by atoms with Crippen molar-refractivity contribution in [3.63, 3.8) is 0 Å². The number of rotatable bonds is 4. The molecule has 0 bridgehead atoms. The lowest BCUT2D eigenvalue weighted by molar-refractivity contribution is -0.140. The van der Waals surface area contributed by atoms with Crippen LogP contribution in [-0.4, -0.2) is 30.6 Å². The Bertz CT molecular complexity index is 683. The molecule has 130 valence electrons. The summed E-state index contributed by atoms with van der Waals surface area (Å²) in [6.45, 7) is 5.67. The zero-order chi connectivity index (χ0) is 18.0. The van der Waals surface area contributed by atoms with Gasteiger partial charge < -0.3 is 15.0 Å². The normalized spacial score (nSPS) is 18.0. The molecule has 1 N–H and O–H groups in total. The van der Waals surface area contributed by atoms with E-state index in [4.69, 9.17) is 16.3 Å². The van der Waals surface area contributed by atoms with Gasteiger partial charge in [0.1, 0.15) is 5.82 Å². The highest BCUT2D eigenvalue weighted by molar-refractivity contribution is 6.31. The average Bonchev–Trinajstić information content (AvgIpc) is 2.50. The van der Waals surface area contributed by atoms with Crippen LogP contribution >= 0.6 is 11.6 Å². The Labute approximate surface area is 145 Å². The second-order valence-electron chi connectivity index (χ2n) is 6.07. The molecule has 5 nitrogen and oxygen atoms in total. The molecule has 0 aliphatic carbocycles. The number of carbonyl (C=O) groups is 2. The molecule has 0 saturated carbocycles. The summed E-state index contributed by atoms with van der Waals surface area (Å²) in [5.74, 6) is -1.04. The molecule has 1 aromatic rings. The van der Waals surface area contributed by atoms with Gasteiger partial charge in [0.2, 0.25) is 0 Å². The first-order chi connectivity index (χ1) is 11.2. The summed E-state index contributed by atoms with van der Waals surface area (Å²) in [4.78, 5) is 25.9. The topological polar surface area (TPSA) is 58.6 Å². The SMILES string of the molecule is CC1=C(C(=O)OCC(C)C)[C@@H](c2c(F)cccc2Cl)NC(=O)N1C. The van der Waals surface area contributed by atoms with Gasteiger partial charge in [0.25, 0.3) is 0 Å². The molecule has 0 radical (unpaired) electrons. The molecule has 1 heterocycles. The Morgan fingerprint density at radius 1 is 1.46 bits per heavy atom. The first-order valence-corrected chi connectivity index (χ1v) is 7.97. The Hall–Kier alpha value is -2.08. The van der Waals surface area contributed by atoms with E-state index < -0.39 is 23.9 Å². The minimum absolute atomic E-state index is 0.0523. The van der Waals surface area contributed by atoms with Crippen LogP contribution in [0.3, 0.4) is 0 Å². The number of nitrogens with one attached hydrogen (secondary N) is 1. The van der Waals surface area contributed by atoms with Gasteiger partial charge in [-0.05, 0) is 25.0 Å². The molecule has 0 unspecified atom stereocenters. The number of amides is 2. The maximum Gasteiger partial charge on any atom is 0.338 e. The van der Waals surface area contributed by atoms with E-state index in [0.717, 1.165) is 0 Å². The number of esters is 1. The maximum atomic E-state index is 14.3. The van der Waals surface area contributed by atoms with E-state index in [9.17, 15) is 14.0 Å². The van der Waals surface area contributed by atoms with Crippen LogP contribution in [0.2, 0.25) is 5.02 Å². The third-order valence-electron chi connectivity index (χ3n) is 3.81. The first kappa shape index (κ1) is 18.3. The van der Waals surface area contributed by atoms with Crippen molar-refractivity contribution in [2.75, 3.05) is 13.7 Å². The molecule has 2 amide bonds. The minimum Gasteiger partial charge on any atom is -0.462 e. The zero-order valence-corrected chi connectivity index (χ0v) is 14.8. The lowest BCUT2D eigenvalue weighted by atomic mass is 9.94. The van der Waals surface area contributed by atoms with E-state index in [1.807, 2.05) is 13.8 Å². The van der Waals surface area contributed by atoms with Crippen molar-refractivity contribution >= 4 is 23.6 Å². The van der Waals surface area contributed by atoms with Gasteiger partial charge in [0.15, 0.2) is 0 Å². The highest BCUT2D eigenvalue weighted by atomic mass is 35.5. The number of carbonyl (C=O) groups excluding carboxylic acids is 2. The van der Waals surface area contributed by atoms with Crippen LogP contribution in [0.25, 0.3) is 0 Å². The summed E-state index contributed by atoms with van der Waals surface area (Å²) >= 11 is 6.11. The van der Waals surface area contributed by atoms with E-state index >= 15 is 0 Å². The molecule has 1 aliphatic rings. The summed E-state index contributed by atoms with van der Waals surface area (Å²) in [6, 6.07) is 2.76. The van der Waals surface area contributed by atoms with E-state index in [1.165, 1.54) is 30.1 Å². The largest absolute Gasteiger partial charge is 0.462 e. The van der Waals surface area contributed by atoms with Gasteiger partial charge in [0, 0.05) is 23.3 Å². The minimum atomic E-state index is -0.998. The Balaban J connectivity index is 2.51. The number of benzene rings is 1. The van der Waals surface area contributed by atoms with E-state index in [2.05, 4.69) is 5.32 Å². The van der Waals surface area contributed by atoms with Gasteiger partial charge in [0.05, 0.1) is 18.2 Å². The molecule has 0 aromatic heterocycles. The van der Waals surface area contributed by atoms with Gasteiger partial charge in [-0.1, -0.05) is 31.5 Å². The summed E-state index contributed by atoms with van der Waals surface area (Å²) in [6.07, 6.45) is 0. The molecule has 1 atom stereocenters. The molecular weight excluding hydrogens is 335 g/mol. The fourth-order valence-electron chi connectivity index (χ4n) is 2.42. The molecular formula is C17H20ClFN2O3. The zero-order valence-electron chi connectivity index (χ0n) is 14.0. The number of urea groups is 1. The molecule has 24 heavy (non-hydrogen) atoms. The average molecular weight is 355 g/mol. The van der Waals surface area contributed by atoms with Crippen LogP contribution in [-0.2, 0) is 9.53 Å². The van der Waals surface area contributed by atoms with Crippen LogP contribution in [0, 0.1) is 11.7 Å². The third kappa shape index (κ3) is 3.53.